The van der Waals surface area contributed by atoms with Gasteiger partial charge in [-0.05, 0) is 36.2 Å². The molecule has 6 nitrogen and oxygen atoms in total. The average Bonchev–Trinajstić information content (AvgIpc) is 2.87. The molecule has 0 spiro atoms. The van der Waals surface area contributed by atoms with E-state index in [0.717, 1.165) is 5.56 Å². The maximum absolute atomic E-state index is 12.4. The van der Waals surface area contributed by atoms with Gasteiger partial charge in [0.15, 0.2) is 0 Å². The van der Waals surface area contributed by atoms with Gasteiger partial charge in [0.2, 0.25) is 0 Å². The molecule has 0 atom stereocenters. The molecule has 0 aliphatic rings. The number of benzene rings is 1. The van der Waals surface area contributed by atoms with E-state index >= 15 is 0 Å². The van der Waals surface area contributed by atoms with Crippen LogP contribution in [0.15, 0.2) is 34.8 Å². The van der Waals surface area contributed by atoms with E-state index in [0.29, 0.717) is 22.3 Å². The molecule has 2 aromatic rings. The maximum atomic E-state index is 12.4. The number of H-pyrrole nitrogens is 1. The molecule has 7 heteroatoms. The van der Waals surface area contributed by atoms with E-state index in [1.54, 1.807) is 13.8 Å². The first-order chi connectivity index (χ1) is 10.8. The summed E-state index contributed by atoms with van der Waals surface area (Å²) in [5.41, 5.74) is 1.22. The van der Waals surface area contributed by atoms with Crippen molar-refractivity contribution in [3.63, 3.8) is 0 Å². The number of hydrogen-bond donors (Lipinski definition) is 3. The number of aliphatic carboxylic acids is 1. The number of carbonyl (C=O) groups excluding carboxylic acids is 1. The lowest BCUT2D eigenvalue weighted by Gasteiger charge is -2.25. The molecule has 0 aliphatic carbocycles. The first kappa shape index (κ1) is 17.2. The third kappa shape index (κ3) is 4.41. The van der Waals surface area contributed by atoms with Crippen LogP contribution >= 0.6 is 15.9 Å². The number of hydrogen-bond acceptors (Lipinski definition) is 3. The van der Waals surface area contributed by atoms with Crippen LogP contribution in [-0.4, -0.2) is 32.7 Å². The molecule has 0 bridgehead atoms. The lowest BCUT2D eigenvalue weighted by atomic mass is 9.98. The molecule has 1 aromatic heterocycles. The van der Waals surface area contributed by atoms with Crippen molar-refractivity contribution in [3.8, 4) is 11.3 Å². The summed E-state index contributed by atoms with van der Waals surface area (Å²) in [5.74, 6) is -1.22. The molecular formula is C16H18BrN3O3. The van der Waals surface area contributed by atoms with E-state index in [2.05, 4.69) is 31.4 Å². The van der Waals surface area contributed by atoms with Crippen molar-refractivity contribution >= 4 is 27.8 Å². The van der Waals surface area contributed by atoms with E-state index in [1.807, 2.05) is 30.3 Å². The van der Waals surface area contributed by atoms with Gasteiger partial charge in [-0.3, -0.25) is 14.7 Å². The standard InChI is InChI=1S/C16H18BrN3O3/c1-16(2,9-8-11(21)22)18-15(23)14-12(17)13(19-20-14)10-6-4-3-5-7-10/h3-7H,8-9H2,1-2H3,(H,18,23)(H,19,20)(H,21,22). The predicted octanol–water partition coefficient (Wildman–Crippen LogP) is 3.21. The Balaban J connectivity index is 2.15. The minimum atomic E-state index is -0.888. The topological polar surface area (TPSA) is 95.1 Å². The van der Waals surface area contributed by atoms with Gasteiger partial charge in [0.05, 0.1) is 4.47 Å². The number of carboxylic acid groups (broad SMARTS) is 1. The van der Waals surface area contributed by atoms with Crippen LogP contribution in [0.25, 0.3) is 11.3 Å². The largest absolute Gasteiger partial charge is 0.481 e. The zero-order valence-electron chi connectivity index (χ0n) is 12.9. The van der Waals surface area contributed by atoms with Crippen LogP contribution in [0, 0.1) is 0 Å². The zero-order chi connectivity index (χ0) is 17.0. The quantitative estimate of drug-likeness (QED) is 0.717. The summed E-state index contributed by atoms with van der Waals surface area (Å²) in [6.07, 6.45) is 0.331. The van der Waals surface area contributed by atoms with Crippen LogP contribution in [-0.2, 0) is 4.79 Å². The predicted molar refractivity (Wildman–Crippen MR) is 90.1 cm³/mol. The highest BCUT2D eigenvalue weighted by molar-refractivity contribution is 9.10. The second-order valence-electron chi connectivity index (χ2n) is 5.86. The van der Waals surface area contributed by atoms with Crippen LogP contribution in [0.5, 0.6) is 0 Å². The number of rotatable bonds is 6. The van der Waals surface area contributed by atoms with Gasteiger partial charge in [-0.1, -0.05) is 30.3 Å². The van der Waals surface area contributed by atoms with Crippen LogP contribution in [0.3, 0.4) is 0 Å². The van der Waals surface area contributed by atoms with Crippen LogP contribution in [0.4, 0.5) is 0 Å². The lowest BCUT2D eigenvalue weighted by molar-refractivity contribution is -0.137. The van der Waals surface area contributed by atoms with E-state index in [9.17, 15) is 9.59 Å². The fourth-order valence-electron chi connectivity index (χ4n) is 2.12. The molecule has 0 radical (unpaired) electrons. The molecule has 0 fully saturated rings. The number of carboxylic acids is 1. The summed E-state index contributed by atoms with van der Waals surface area (Å²) in [4.78, 5) is 23.1. The van der Waals surface area contributed by atoms with Gasteiger partial charge in [0.1, 0.15) is 11.4 Å². The third-order valence-electron chi connectivity index (χ3n) is 3.40. The number of aromatic amines is 1. The average molecular weight is 380 g/mol. The molecule has 1 aromatic carbocycles. The summed E-state index contributed by atoms with van der Waals surface area (Å²) < 4.78 is 0.579. The Bertz CT molecular complexity index is 711. The van der Waals surface area contributed by atoms with Crippen molar-refractivity contribution in [1.82, 2.24) is 15.5 Å². The summed E-state index contributed by atoms with van der Waals surface area (Å²) in [6, 6.07) is 9.50. The van der Waals surface area contributed by atoms with Gasteiger partial charge >= 0.3 is 5.97 Å². The van der Waals surface area contributed by atoms with E-state index in [4.69, 9.17) is 5.11 Å². The van der Waals surface area contributed by atoms with Gasteiger partial charge in [0.25, 0.3) is 5.91 Å². The second kappa shape index (κ2) is 6.95. The highest BCUT2D eigenvalue weighted by Crippen LogP contribution is 2.29. The summed E-state index contributed by atoms with van der Waals surface area (Å²) >= 11 is 3.41. The van der Waals surface area contributed by atoms with Gasteiger partial charge in [-0.15, -0.1) is 0 Å². The van der Waals surface area contributed by atoms with E-state index in [1.165, 1.54) is 0 Å². The second-order valence-corrected chi connectivity index (χ2v) is 6.65. The van der Waals surface area contributed by atoms with Crippen molar-refractivity contribution in [2.45, 2.75) is 32.2 Å². The first-order valence-electron chi connectivity index (χ1n) is 7.14. The summed E-state index contributed by atoms with van der Waals surface area (Å²) in [6.45, 7) is 3.58. The van der Waals surface area contributed by atoms with E-state index < -0.39 is 11.5 Å². The highest BCUT2D eigenvalue weighted by Gasteiger charge is 2.25. The molecule has 0 saturated heterocycles. The number of aromatic nitrogens is 2. The van der Waals surface area contributed by atoms with Crippen LogP contribution in [0.1, 0.15) is 37.2 Å². The fourth-order valence-corrected chi connectivity index (χ4v) is 2.70. The lowest BCUT2D eigenvalue weighted by Crippen LogP contribution is -2.44. The monoisotopic (exact) mass is 379 g/mol. The van der Waals surface area contributed by atoms with Gasteiger partial charge < -0.3 is 10.4 Å². The maximum Gasteiger partial charge on any atom is 0.303 e. The van der Waals surface area contributed by atoms with E-state index in [-0.39, 0.29) is 12.3 Å². The Hall–Kier alpha value is -2.15. The molecule has 1 amide bonds. The third-order valence-corrected chi connectivity index (χ3v) is 4.17. The Morgan fingerprint density at radius 3 is 2.57 bits per heavy atom. The Labute approximate surface area is 142 Å². The van der Waals surface area contributed by atoms with Crippen molar-refractivity contribution < 1.29 is 14.7 Å². The Kier molecular flexibility index (Phi) is 5.20. The Morgan fingerprint density at radius 2 is 1.96 bits per heavy atom. The fraction of sp³-hybridized carbons (Fsp3) is 0.312. The Morgan fingerprint density at radius 1 is 1.30 bits per heavy atom. The minimum absolute atomic E-state index is 0.00725. The van der Waals surface area contributed by atoms with Crippen molar-refractivity contribution in [2.75, 3.05) is 0 Å². The van der Waals surface area contributed by atoms with Crippen LogP contribution < -0.4 is 5.32 Å². The molecule has 3 N–H and O–H groups in total. The molecule has 0 aliphatic heterocycles. The highest BCUT2D eigenvalue weighted by atomic mass is 79.9. The molecule has 23 heavy (non-hydrogen) atoms. The first-order valence-corrected chi connectivity index (χ1v) is 7.93. The molecule has 1 heterocycles. The smallest absolute Gasteiger partial charge is 0.303 e. The summed E-state index contributed by atoms with van der Waals surface area (Å²) in [5, 5.41) is 18.5. The number of halogens is 1. The zero-order valence-corrected chi connectivity index (χ0v) is 14.5. The number of amides is 1. The van der Waals surface area contributed by atoms with Crippen molar-refractivity contribution in [3.05, 3.63) is 40.5 Å². The number of carbonyl (C=O) groups is 2. The minimum Gasteiger partial charge on any atom is -0.481 e. The summed E-state index contributed by atoms with van der Waals surface area (Å²) in [7, 11) is 0. The van der Waals surface area contributed by atoms with Gasteiger partial charge in [-0.2, -0.15) is 5.10 Å². The molecule has 122 valence electrons. The number of nitrogens with one attached hydrogen (secondary N) is 2. The molecule has 0 unspecified atom stereocenters. The van der Waals surface area contributed by atoms with Crippen molar-refractivity contribution in [2.24, 2.45) is 0 Å². The van der Waals surface area contributed by atoms with Gasteiger partial charge in [0, 0.05) is 17.5 Å². The van der Waals surface area contributed by atoms with Crippen molar-refractivity contribution in [1.29, 1.82) is 0 Å². The molecular weight excluding hydrogens is 362 g/mol. The van der Waals surface area contributed by atoms with Gasteiger partial charge in [-0.25, -0.2) is 0 Å². The molecule has 2 rings (SSSR count). The molecule has 0 saturated carbocycles. The normalized spacial score (nSPS) is 11.3. The van der Waals surface area contributed by atoms with Crippen LogP contribution in [0.2, 0.25) is 0 Å². The number of nitrogens with zero attached hydrogens (tertiary/aromatic N) is 1. The SMILES string of the molecule is CC(C)(CCC(=O)O)NC(=O)c1[nH]nc(-c2ccccc2)c1Br.